The molecule has 0 unspecified atom stereocenters. The third-order valence-electron chi connectivity index (χ3n) is 8.62. The minimum Gasteiger partial charge on any atom is -1.00 e. The van der Waals surface area contributed by atoms with Crippen molar-refractivity contribution in [3.8, 4) is 17.3 Å². The number of rotatable bonds is 6. The van der Waals surface area contributed by atoms with Crippen LogP contribution in [0.1, 0.15) is 38.5 Å². The van der Waals surface area contributed by atoms with Gasteiger partial charge in [-0.2, -0.15) is 4.57 Å². The van der Waals surface area contributed by atoms with Gasteiger partial charge >= 0.3 is 11.6 Å². The summed E-state index contributed by atoms with van der Waals surface area (Å²) in [6, 6.07) is 12.9. The molecule has 0 saturated carbocycles. The van der Waals surface area contributed by atoms with Gasteiger partial charge in [-0.1, -0.05) is 23.2 Å². The first-order valence-electron chi connectivity index (χ1n) is 14.8. The number of hydrogen-bond acceptors (Lipinski definition) is 4. The lowest BCUT2D eigenvalue weighted by Crippen LogP contribution is -3.00. The van der Waals surface area contributed by atoms with Crippen LogP contribution < -0.4 is 65.6 Å². The number of halogens is 5. The summed E-state index contributed by atoms with van der Waals surface area (Å²) < 4.78 is 5.99. The number of anilines is 3. The number of hydrogen-bond donors (Lipinski definition) is 0. The third kappa shape index (κ3) is 6.82. The highest BCUT2D eigenvalue weighted by Crippen LogP contribution is 2.31. The molecule has 44 heavy (non-hydrogen) atoms. The molecule has 0 atom stereocenters. The highest BCUT2D eigenvalue weighted by molar-refractivity contribution is 6.38. The van der Waals surface area contributed by atoms with Crippen LogP contribution in [0.3, 0.4) is 0 Å². The maximum absolute atomic E-state index is 7.16. The molecule has 0 aliphatic carbocycles. The van der Waals surface area contributed by atoms with Crippen molar-refractivity contribution in [3.05, 3.63) is 83.6 Å². The Labute approximate surface area is 288 Å². The van der Waals surface area contributed by atoms with E-state index in [4.69, 9.17) is 28.2 Å². The van der Waals surface area contributed by atoms with Crippen LogP contribution >= 0.6 is 23.2 Å². The molecule has 4 aromatic rings. The first-order chi connectivity index (χ1) is 20.2. The Kier molecular flexibility index (Phi) is 11.8. The highest BCUT2D eigenvalue weighted by Gasteiger charge is 2.35. The van der Waals surface area contributed by atoms with E-state index in [0.717, 1.165) is 39.3 Å². The monoisotopic (exact) mass is 693 g/mol. The van der Waals surface area contributed by atoms with Crippen molar-refractivity contribution in [2.24, 2.45) is 0 Å². The van der Waals surface area contributed by atoms with Gasteiger partial charge in [-0.3, -0.25) is 0 Å². The van der Waals surface area contributed by atoms with Gasteiger partial charge in [0.15, 0.2) is 12.4 Å². The van der Waals surface area contributed by atoms with E-state index in [1.807, 2.05) is 38.5 Å². The zero-order valence-corrected chi connectivity index (χ0v) is 28.2. The quantitative estimate of drug-likeness (QED) is 0.193. The summed E-state index contributed by atoms with van der Waals surface area (Å²) in [5, 5.41) is 1.01. The molecule has 4 aromatic heterocycles. The minimum atomic E-state index is 0. The lowest BCUT2D eigenvalue weighted by atomic mass is 10.3. The maximum atomic E-state index is 7.16. The van der Waals surface area contributed by atoms with Gasteiger partial charge in [-0.25, -0.2) is 9.13 Å². The fourth-order valence-corrected chi connectivity index (χ4v) is 7.03. The van der Waals surface area contributed by atoms with Crippen LogP contribution in [0.15, 0.2) is 73.6 Å². The molecule has 3 saturated heterocycles. The lowest BCUT2D eigenvalue weighted by molar-refractivity contribution is -0.617. The van der Waals surface area contributed by atoms with E-state index >= 15 is 0 Å². The molecule has 7 heterocycles. The standard InChI is InChI=1S/C32H36Cl2N7.3ClH/c33-28-30(39-19-7-25(8-20-39)36-13-1-2-14-36)29(34)32(41-23-11-27(12-24-41)38-17-5-6-18-38)35-31(28)40-21-9-26(10-22-40)37-15-3-4-16-37;;;/h7-12,19-24H,1-6,13-18H2;3*1H/q+3;;;/p-3. The van der Waals surface area contributed by atoms with Crippen LogP contribution in [0.25, 0.3) is 17.3 Å². The Bertz CT molecular complexity index is 1430. The Morgan fingerprint density at radius 1 is 0.455 bits per heavy atom. The second-order valence-corrected chi connectivity index (χ2v) is 12.0. The summed E-state index contributed by atoms with van der Waals surface area (Å²) in [6.45, 7) is 6.62. The van der Waals surface area contributed by atoms with Crippen molar-refractivity contribution in [2.75, 3.05) is 54.0 Å². The van der Waals surface area contributed by atoms with Crippen LogP contribution in [-0.2, 0) is 0 Å². The first kappa shape index (κ1) is 34.3. The van der Waals surface area contributed by atoms with E-state index in [1.54, 1.807) is 0 Å². The average Bonchev–Trinajstić information content (AvgIpc) is 3.83. The van der Waals surface area contributed by atoms with Crippen molar-refractivity contribution in [2.45, 2.75) is 38.5 Å². The molecule has 3 fully saturated rings. The molecule has 7 nitrogen and oxygen atoms in total. The van der Waals surface area contributed by atoms with Gasteiger partial charge in [-0.15, -0.1) is 0 Å². The fraction of sp³-hybridized carbons (Fsp3) is 0.375. The smallest absolute Gasteiger partial charge is 0.358 e. The van der Waals surface area contributed by atoms with E-state index in [1.165, 1.54) is 55.6 Å². The van der Waals surface area contributed by atoms with E-state index in [-0.39, 0.29) is 37.2 Å². The molecular formula is C32H36Cl5N7. The Morgan fingerprint density at radius 2 is 0.727 bits per heavy atom. The lowest BCUT2D eigenvalue weighted by Gasteiger charge is -2.17. The molecule has 7 rings (SSSR count). The van der Waals surface area contributed by atoms with Gasteiger partial charge in [0.2, 0.25) is 10.0 Å². The molecule has 3 aliphatic rings. The molecule has 0 aromatic carbocycles. The Hall–Kier alpha value is -2.55. The van der Waals surface area contributed by atoms with E-state index < -0.39 is 0 Å². The SMILES string of the molecule is Clc1c(-[n+]2ccc(N3CCCC3)cc2)nc(-[n+]2ccc(N3CCCC3)cc2)c(Cl)c1-[n+]1ccc(N2CCCC2)cc1.[Cl-].[Cl-].[Cl-]. The zero-order valence-electron chi connectivity index (χ0n) is 24.4. The van der Waals surface area contributed by atoms with Crippen LogP contribution in [0.4, 0.5) is 17.1 Å². The van der Waals surface area contributed by atoms with Crippen LogP contribution in [-0.4, -0.2) is 44.3 Å². The normalized spacial score (nSPS) is 16.0. The summed E-state index contributed by atoms with van der Waals surface area (Å²) in [5.74, 6) is 1.28. The second kappa shape index (κ2) is 15.2. The number of nitrogens with zero attached hydrogens (tertiary/aromatic N) is 7. The zero-order chi connectivity index (χ0) is 27.8. The summed E-state index contributed by atoms with van der Waals surface area (Å²) in [6.07, 6.45) is 19.8. The van der Waals surface area contributed by atoms with Crippen LogP contribution in [0, 0.1) is 0 Å². The van der Waals surface area contributed by atoms with Crippen molar-refractivity contribution in [3.63, 3.8) is 0 Å². The van der Waals surface area contributed by atoms with Crippen molar-refractivity contribution >= 4 is 40.3 Å². The van der Waals surface area contributed by atoms with Crippen molar-refractivity contribution in [1.82, 2.24) is 4.98 Å². The van der Waals surface area contributed by atoms with E-state index in [2.05, 4.69) is 63.5 Å². The van der Waals surface area contributed by atoms with Gasteiger partial charge in [0.25, 0.3) is 5.69 Å². The van der Waals surface area contributed by atoms with Gasteiger partial charge in [0, 0.05) is 97.7 Å². The molecule has 0 spiro atoms. The summed E-state index contributed by atoms with van der Waals surface area (Å²) in [7, 11) is 0. The summed E-state index contributed by atoms with van der Waals surface area (Å²) >= 11 is 14.3. The van der Waals surface area contributed by atoms with Crippen molar-refractivity contribution in [1.29, 1.82) is 0 Å². The first-order valence-corrected chi connectivity index (χ1v) is 15.6. The van der Waals surface area contributed by atoms with Crippen molar-refractivity contribution < 1.29 is 50.9 Å². The molecule has 0 amide bonds. The second-order valence-electron chi connectivity index (χ2n) is 11.2. The Balaban J connectivity index is 0.00000147. The number of pyridine rings is 4. The van der Waals surface area contributed by atoms with Crippen LogP contribution in [0.2, 0.25) is 10.0 Å². The third-order valence-corrected chi connectivity index (χ3v) is 9.31. The van der Waals surface area contributed by atoms with Gasteiger partial charge < -0.3 is 51.9 Å². The predicted octanol–water partition coefficient (Wildman–Crippen LogP) is -3.97. The molecular weight excluding hydrogens is 660 g/mol. The number of aromatic nitrogens is 4. The Morgan fingerprint density at radius 3 is 1.02 bits per heavy atom. The fourth-order valence-electron chi connectivity index (χ4n) is 6.32. The molecule has 3 aliphatic heterocycles. The van der Waals surface area contributed by atoms with Gasteiger partial charge in [0.1, 0.15) is 0 Å². The van der Waals surface area contributed by atoms with E-state index in [0.29, 0.717) is 27.4 Å². The molecule has 0 bridgehead atoms. The highest BCUT2D eigenvalue weighted by atomic mass is 35.5. The van der Waals surface area contributed by atoms with Crippen LogP contribution in [0.5, 0.6) is 0 Å². The average molecular weight is 696 g/mol. The topological polar surface area (TPSA) is 34.2 Å². The largest absolute Gasteiger partial charge is 1.00 e. The molecule has 0 N–H and O–H groups in total. The molecule has 0 radical (unpaired) electrons. The van der Waals surface area contributed by atoms with Gasteiger partial charge in [-0.05, 0) is 38.5 Å². The van der Waals surface area contributed by atoms with Gasteiger partial charge in [0.05, 0.1) is 24.8 Å². The minimum absolute atomic E-state index is 0. The summed E-state index contributed by atoms with van der Waals surface area (Å²) in [5.41, 5.74) is 4.39. The van der Waals surface area contributed by atoms with E-state index in [9.17, 15) is 0 Å². The maximum Gasteiger partial charge on any atom is 0.358 e. The summed E-state index contributed by atoms with van der Waals surface area (Å²) in [4.78, 5) is 12.3. The molecule has 234 valence electrons. The predicted molar refractivity (Wildman–Crippen MR) is 163 cm³/mol. The molecule has 12 heteroatoms.